The monoisotopic (exact) mass is 492 g/mol. The van der Waals surface area contributed by atoms with Crippen molar-refractivity contribution in [1.82, 2.24) is 14.5 Å². The van der Waals surface area contributed by atoms with Gasteiger partial charge < -0.3 is 10.2 Å². The number of halogens is 1. The zero-order valence-electron chi connectivity index (χ0n) is 20.4. The van der Waals surface area contributed by atoms with E-state index in [-0.39, 0.29) is 24.2 Å². The van der Waals surface area contributed by atoms with Gasteiger partial charge in [-0.3, -0.25) is 9.59 Å². The van der Waals surface area contributed by atoms with E-state index in [9.17, 15) is 22.4 Å². The number of carbonyl (C=O) groups is 2. The van der Waals surface area contributed by atoms with Crippen LogP contribution in [0.5, 0.6) is 0 Å². The minimum absolute atomic E-state index is 0.0823. The summed E-state index contributed by atoms with van der Waals surface area (Å²) in [5.41, 5.74) is 1.56. The molecule has 0 aliphatic rings. The van der Waals surface area contributed by atoms with Crippen molar-refractivity contribution in [3.8, 4) is 0 Å². The van der Waals surface area contributed by atoms with Crippen LogP contribution in [0.3, 0.4) is 0 Å². The fourth-order valence-electron chi connectivity index (χ4n) is 3.23. The maximum Gasteiger partial charge on any atom is 0.304 e. The summed E-state index contributed by atoms with van der Waals surface area (Å²) in [4.78, 5) is 27.6. The number of hydrogen-bond donors (Lipinski definition) is 1. The molecule has 1 N–H and O–H groups in total. The fourth-order valence-corrected chi connectivity index (χ4v) is 4.30. The van der Waals surface area contributed by atoms with Crippen LogP contribution in [0.1, 0.15) is 31.9 Å². The summed E-state index contributed by atoms with van der Waals surface area (Å²) in [5.74, 6) is -1.79. The second-order valence-electron chi connectivity index (χ2n) is 8.59. The van der Waals surface area contributed by atoms with Crippen LogP contribution in [-0.4, -0.2) is 62.2 Å². The van der Waals surface area contributed by atoms with Gasteiger partial charge in [0.2, 0.25) is 11.8 Å². The predicted molar refractivity (Wildman–Crippen MR) is 131 cm³/mol. The van der Waals surface area contributed by atoms with Crippen LogP contribution in [0.2, 0.25) is 0 Å². The minimum Gasteiger partial charge on any atom is -0.352 e. The lowest BCUT2D eigenvalue weighted by molar-refractivity contribution is -0.139. The van der Waals surface area contributed by atoms with Crippen molar-refractivity contribution in [1.29, 1.82) is 0 Å². The Balaban J connectivity index is 2.46. The highest BCUT2D eigenvalue weighted by Crippen LogP contribution is 2.24. The second-order valence-corrected chi connectivity index (χ2v) is 10.7. The minimum atomic E-state index is -4.21. The number of nitrogens with one attached hydrogen (secondary N) is 1. The normalized spacial score (nSPS) is 12.5. The molecule has 8 nitrogen and oxygen atoms in total. The van der Waals surface area contributed by atoms with Crippen molar-refractivity contribution in [3.05, 3.63) is 65.5 Å². The highest BCUT2D eigenvalue weighted by molar-refractivity contribution is 7.90. The number of hydrogen-bond acceptors (Lipinski definition) is 4. The first-order valence-corrected chi connectivity index (χ1v) is 12.3. The number of carbonyl (C=O) groups excluding carboxylic acids is 2. The van der Waals surface area contributed by atoms with Gasteiger partial charge in [0.1, 0.15) is 18.4 Å². The van der Waals surface area contributed by atoms with Crippen LogP contribution < -0.4 is 9.62 Å². The SMILES string of the molecule is Cc1ccc(CN(C(=O)CN(c2ccccc2F)S(=O)(=O)N(C)C)[C@H](C)C(=O)NC(C)C)cc1. The molecule has 0 saturated heterocycles. The Morgan fingerprint density at radius 2 is 1.59 bits per heavy atom. The van der Waals surface area contributed by atoms with Gasteiger partial charge in [0.05, 0.1) is 5.69 Å². The Morgan fingerprint density at radius 1 is 1.00 bits per heavy atom. The molecule has 0 bridgehead atoms. The zero-order chi connectivity index (χ0) is 25.6. The largest absolute Gasteiger partial charge is 0.352 e. The first-order valence-electron chi connectivity index (χ1n) is 10.9. The predicted octanol–water partition coefficient (Wildman–Crippen LogP) is 2.69. The van der Waals surface area contributed by atoms with Gasteiger partial charge in [-0.1, -0.05) is 42.0 Å². The molecule has 2 aromatic rings. The third kappa shape index (κ3) is 6.77. The van der Waals surface area contributed by atoms with Gasteiger partial charge in [-0.05, 0) is 45.4 Å². The zero-order valence-corrected chi connectivity index (χ0v) is 21.3. The maximum atomic E-state index is 14.6. The molecule has 0 radical (unpaired) electrons. The lowest BCUT2D eigenvalue weighted by Gasteiger charge is -2.33. The molecule has 0 aromatic heterocycles. The van der Waals surface area contributed by atoms with Crippen molar-refractivity contribution in [2.75, 3.05) is 24.9 Å². The fraction of sp³-hybridized carbons (Fsp3) is 0.417. The lowest BCUT2D eigenvalue weighted by atomic mass is 10.1. The summed E-state index contributed by atoms with van der Waals surface area (Å²) in [6, 6.07) is 11.8. The van der Waals surface area contributed by atoms with Crippen LogP contribution in [-0.2, 0) is 26.3 Å². The number of aryl methyl sites for hydroxylation is 1. The van der Waals surface area contributed by atoms with Gasteiger partial charge >= 0.3 is 10.2 Å². The van der Waals surface area contributed by atoms with E-state index in [1.165, 1.54) is 37.2 Å². The van der Waals surface area contributed by atoms with E-state index >= 15 is 0 Å². The Morgan fingerprint density at radius 3 is 2.12 bits per heavy atom. The number of nitrogens with zero attached hydrogens (tertiary/aromatic N) is 3. The average molecular weight is 493 g/mol. The molecule has 2 aromatic carbocycles. The van der Waals surface area contributed by atoms with Gasteiger partial charge in [-0.2, -0.15) is 12.7 Å². The standard InChI is InChI=1S/C24H33FN4O4S/c1-17(2)26-24(31)19(4)28(15-20-13-11-18(3)12-14-20)23(30)16-29(34(32,33)27(5)6)22-10-8-7-9-21(22)25/h7-14,17,19H,15-16H2,1-6H3,(H,26,31)/t19-/m1/s1. The summed E-state index contributed by atoms with van der Waals surface area (Å²) in [6.07, 6.45) is 0. The van der Waals surface area contributed by atoms with Crippen LogP contribution >= 0.6 is 0 Å². The molecule has 0 aliphatic heterocycles. The smallest absolute Gasteiger partial charge is 0.304 e. The van der Waals surface area contributed by atoms with E-state index in [0.29, 0.717) is 0 Å². The Labute approximate surface area is 201 Å². The van der Waals surface area contributed by atoms with E-state index in [0.717, 1.165) is 25.8 Å². The number of amides is 2. The molecule has 0 fully saturated rings. The number of rotatable bonds is 10. The van der Waals surface area contributed by atoms with Gasteiger partial charge in [0, 0.05) is 26.7 Å². The van der Waals surface area contributed by atoms with Crippen LogP contribution in [0, 0.1) is 12.7 Å². The van der Waals surface area contributed by atoms with Gasteiger partial charge in [-0.25, -0.2) is 8.70 Å². The Kier molecular flexibility index (Phi) is 9.17. The first-order chi connectivity index (χ1) is 15.8. The highest BCUT2D eigenvalue weighted by Gasteiger charge is 2.33. The molecule has 0 aliphatic carbocycles. The molecule has 10 heteroatoms. The summed E-state index contributed by atoms with van der Waals surface area (Å²) in [7, 11) is -1.60. The molecule has 2 rings (SSSR count). The Hall–Kier alpha value is -2.98. The molecular formula is C24H33FN4O4S. The van der Waals surface area contributed by atoms with Gasteiger partial charge in [0.15, 0.2) is 0 Å². The Bertz CT molecular complexity index is 1100. The van der Waals surface area contributed by atoms with Crippen LogP contribution in [0.15, 0.2) is 48.5 Å². The van der Waals surface area contributed by atoms with Crippen molar-refractivity contribution in [2.45, 2.75) is 46.3 Å². The maximum absolute atomic E-state index is 14.6. The first kappa shape index (κ1) is 27.3. The molecule has 0 heterocycles. The van der Waals surface area contributed by atoms with Gasteiger partial charge in [0.25, 0.3) is 0 Å². The molecule has 0 spiro atoms. The summed E-state index contributed by atoms with van der Waals surface area (Å²) in [5, 5.41) is 2.78. The molecule has 0 saturated carbocycles. The van der Waals surface area contributed by atoms with Crippen molar-refractivity contribution >= 4 is 27.7 Å². The second kappa shape index (κ2) is 11.4. The van der Waals surface area contributed by atoms with Crippen LogP contribution in [0.25, 0.3) is 0 Å². The number of benzene rings is 2. The van der Waals surface area contributed by atoms with E-state index in [1.54, 1.807) is 20.8 Å². The van der Waals surface area contributed by atoms with E-state index in [1.807, 2.05) is 31.2 Å². The van der Waals surface area contributed by atoms with Gasteiger partial charge in [-0.15, -0.1) is 0 Å². The number of anilines is 1. The van der Waals surface area contributed by atoms with E-state index in [2.05, 4.69) is 5.32 Å². The third-order valence-corrected chi connectivity index (χ3v) is 7.02. The van der Waals surface area contributed by atoms with Crippen molar-refractivity contribution in [2.24, 2.45) is 0 Å². The topological polar surface area (TPSA) is 90.0 Å². The number of para-hydroxylation sites is 1. The van der Waals surface area contributed by atoms with Crippen molar-refractivity contribution in [3.63, 3.8) is 0 Å². The molecular weight excluding hydrogens is 459 g/mol. The molecule has 1 atom stereocenters. The highest BCUT2D eigenvalue weighted by atomic mass is 32.2. The summed E-state index contributed by atoms with van der Waals surface area (Å²) < 4.78 is 42.3. The summed E-state index contributed by atoms with van der Waals surface area (Å²) >= 11 is 0. The quantitative estimate of drug-likeness (QED) is 0.552. The molecule has 2 amide bonds. The molecule has 0 unspecified atom stereocenters. The third-order valence-electron chi connectivity index (χ3n) is 5.21. The van der Waals surface area contributed by atoms with E-state index < -0.39 is 34.5 Å². The molecule has 34 heavy (non-hydrogen) atoms. The lowest BCUT2D eigenvalue weighted by Crippen LogP contribution is -2.53. The molecule has 186 valence electrons. The summed E-state index contributed by atoms with van der Waals surface area (Å²) in [6.45, 7) is 6.54. The van der Waals surface area contributed by atoms with E-state index in [4.69, 9.17) is 0 Å². The van der Waals surface area contributed by atoms with Crippen molar-refractivity contribution < 1.29 is 22.4 Å². The van der Waals surface area contributed by atoms with Crippen LogP contribution in [0.4, 0.5) is 10.1 Å². The average Bonchev–Trinajstić information content (AvgIpc) is 2.76.